The van der Waals surface area contributed by atoms with E-state index >= 15 is 0 Å². The van der Waals surface area contributed by atoms with Gasteiger partial charge in [0.1, 0.15) is 0 Å². The SMILES string of the molecule is CN(C)C(CNC(=O)CC(c1ccccc1)C1(C(F)(F)F)CC1)Cc1ccc2c(c1)CC(=O)N2. The Morgan fingerprint density at radius 3 is 2.47 bits per heavy atom. The number of nitrogens with zero attached hydrogens (tertiary/aromatic N) is 1. The minimum absolute atomic E-state index is 0.0242. The van der Waals surface area contributed by atoms with Crippen molar-refractivity contribution in [2.24, 2.45) is 5.41 Å². The smallest absolute Gasteiger partial charge is 0.355 e. The van der Waals surface area contributed by atoms with Crippen LogP contribution in [0.1, 0.15) is 41.9 Å². The van der Waals surface area contributed by atoms with Crippen LogP contribution in [0.3, 0.4) is 0 Å². The average molecular weight is 474 g/mol. The van der Waals surface area contributed by atoms with Crippen molar-refractivity contribution < 1.29 is 22.8 Å². The highest BCUT2D eigenvalue weighted by atomic mass is 19.4. The van der Waals surface area contributed by atoms with E-state index in [1.807, 2.05) is 37.2 Å². The zero-order chi connectivity index (χ0) is 24.5. The molecule has 1 fully saturated rings. The number of hydrogen-bond donors (Lipinski definition) is 2. The molecule has 2 N–H and O–H groups in total. The lowest BCUT2D eigenvalue weighted by atomic mass is 9.80. The average Bonchev–Trinajstić information content (AvgIpc) is 3.51. The number of fused-ring (bicyclic) bond motifs is 1. The van der Waals surface area contributed by atoms with E-state index in [-0.39, 0.29) is 37.1 Å². The monoisotopic (exact) mass is 473 g/mol. The number of anilines is 1. The van der Waals surface area contributed by atoms with Gasteiger partial charge < -0.3 is 15.5 Å². The molecule has 2 aliphatic rings. The highest BCUT2D eigenvalue weighted by Crippen LogP contribution is 2.66. The van der Waals surface area contributed by atoms with E-state index < -0.39 is 17.5 Å². The van der Waals surface area contributed by atoms with Crippen LogP contribution >= 0.6 is 0 Å². The third-order valence-corrected chi connectivity index (χ3v) is 7.14. The molecule has 5 nitrogen and oxygen atoms in total. The summed E-state index contributed by atoms with van der Waals surface area (Å²) in [5.41, 5.74) is 1.56. The summed E-state index contributed by atoms with van der Waals surface area (Å²) in [6.07, 6.45) is -3.43. The molecule has 0 aromatic heterocycles. The van der Waals surface area contributed by atoms with Crippen molar-refractivity contribution in [3.05, 3.63) is 65.2 Å². The molecule has 1 aliphatic heterocycles. The van der Waals surface area contributed by atoms with Gasteiger partial charge in [0, 0.05) is 30.6 Å². The first-order valence-electron chi connectivity index (χ1n) is 11.6. The van der Waals surface area contributed by atoms with Crippen LogP contribution in [0.15, 0.2) is 48.5 Å². The number of halogens is 3. The van der Waals surface area contributed by atoms with Gasteiger partial charge in [-0.2, -0.15) is 13.2 Å². The molecule has 2 aromatic rings. The van der Waals surface area contributed by atoms with Crippen LogP contribution in [-0.4, -0.2) is 49.6 Å². The Hall–Kier alpha value is -2.87. The molecule has 182 valence electrons. The molecule has 2 atom stereocenters. The van der Waals surface area contributed by atoms with Gasteiger partial charge in [0.2, 0.25) is 11.8 Å². The summed E-state index contributed by atoms with van der Waals surface area (Å²) in [5.74, 6) is -1.29. The maximum atomic E-state index is 13.9. The van der Waals surface area contributed by atoms with E-state index in [2.05, 4.69) is 10.6 Å². The summed E-state index contributed by atoms with van der Waals surface area (Å²) < 4.78 is 41.7. The van der Waals surface area contributed by atoms with Crippen molar-refractivity contribution in [2.45, 2.75) is 50.2 Å². The molecule has 34 heavy (non-hydrogen) atoms. The number of alkyl halides is 3. The fourth-order valence-corrected chi connectivity index (χ4v) is 4.89. The van der Waals surface area contributed by atoms with Crippen molar-refractivity contribution in [1.29, 1.82) is 0 Å². The molecular formula is C26H30F3N3O2. The maximum absolute atomic E-state index is 13.9. The molecule has 0 saturated heterocycles. The predicted octanol–water partition coefficient (Wildman–Crippen LogP) is 4.29. The summed E-state index contributed by atoms with van der Waals surface area (Å²) in [6, 6.07) is 14.4. The van der Waals surface area contributed by atoms with Crippen LogP contribution in [0.2, 0.25) is 0 Å². The molecule has 1 saturated carbocycles. The van der Waals surface area contributed by atoms with Gasteiger partial charge in [0.05, 0.1) is 11.8 Å². The predicted molar refractivity (Wildman–Crippen MR) is 124 cm³/mol. The lowest BCUT2D eigenvalue weighted by molar-refractivity contribution is -0.194. The quantitative estimate of drug-likeness (QED) is 0.571. The first-order valence-corrected chi connectivity index (χ1v) is 11.6. The van der Waals surface area contributed by atoms with E-state index in [4.69, 9.17) is 0 Å². The summed E-state index contributed by atoms with van der Waals surface area (Å²) in [5, 5.41) is 5.69. The van der Waals surface area contributed by atoms with Crippen LogP contribution in [0.4, 0.5) is 18.9 Å². The van der Waals surface area contributed by atoms with Crippen LogP contribution < -0.4 is 10.6 Å². The van der Waals surface area contributed by atoms with Crippen molar-refractivity contribution in [3.63, 3.8) is 0 Å². The molecule has 2 unspecified atom stereocenters. The van der Waals surface area contributed by atoms with Crippen molar-refractivity contribution in [2.75, 3.05) is 26.0 Å². The van der Waals surface area contributed by atoms with Gasteiger partial charge in [-0.15, -0.1) is 0 Å². The van der Waals surface area contributed by atoms with Crippen molar-refractivity contribution >= 4 is 17.5 Å². The van der Waals surface area contributed by atoms with Crippen LogP contribution in [0.25, 0.3) is 0 Å². The van der Waals surface area contributed by atoms with E-state index in [1.54, 1.807) is 30.3 Å². The third-order valence-electron chi connectivity index (χ3n) is 7.14. The van der Waals surface area contributed by atoms with E-state index in [1.165, 1.54) is 0 Å². The Morgan fingerprint density at radius 1 is 1.15 bits per heavy atom. The second-order valence-corrected chi connectivity index (χ2v) is 9.66. The Morgan fingerprint density at radius 2 is 1.85 bits per heavy atom. The van der Waals surface area contributed by atoms with Gasteiger partial charge in [0.25, 0.3) is 0 Å². The first kappa shape index (κ1) is 24.3. The largest absolute Gasteiger partial charge is 0.395 e. The van der Waals surface area contributed by atoms with Gasteiger partial charge >= 0.3 is 6.18 Å². The van der Waals surface area contributed by atoms with Crippen LogP contribution in [0.5, 0.6) is 0 Å². The standard InChI is InChI=1S/C26H30F3N3O2/c1-32(2)20(13-17-8-9-22-19(12-17)14-24(34)31-22)16-30-23(33)15-21(18-6-4-3-5-7-18)25(10-11-25)26(27,28)29/h3-9,12,20-21H,10-11,13-16H2,1-2H3,(H,30,33)(H,31,34). The summed E-state index contributed by atoms with van der Waals surface area (Å²) >= 11 is 0. The maximum Gasteiger partial charge on any atom is 0.395 e. The van der Waals surface area contributed by atoms with Gasteiger partial charge in [-0.3, -0.25) is 9.59 Å². The summed E-state index contributed by atoms with van der Waals surface area (Å²) in [6.45, 7) is 0.320. The number of carbonyl (C=O) groups excluding carboxylic acids is 2. The molecule has 0 radical (unpaired) electrons. The van der Waals surface area contributed by atoms with Crippen molar-refractivity contribution in [1.82, 2.24) is 10.2 Å². The molecule has 0 bridgehead atoms. The van der Waals surface area contributed by atoms with E-state index in [0.717, 1.165) is 16.8 Å². The first-order chi connectivity index (χ1) is 16.1. The number of nitrogens with one attached hydrogen (secondary N) is 2. The fourth-order valence-electron chi connectivity index (χ4n) is 4.89. The Bertz CT molecular complexity index is 1050. The Balaban J connectivity index is 1.41. The minimum Gasteiger partial charge on any atom is -0.355 e. The number of carbonyl (C=O) groups is 2. The molecule has 8 heteroatoms. The topological polar surface area (TPSA) is 61.4 Å². The van der Waals surface area contributed by atoms with Crippen LogP contribution in [0, 0.1) is 5.41 Å². The third kappa shape index (κ3) is 5.12. The second kappa shape index (κ2) is 9.41. The molecule has 2 aromatic carbocycles. The summed E-state index contributed by atoms with van der Waals surface area (Å²) in [7, 11) is 3.82. The van der Waals surface area contributed by atoms with Crippen molar-refractivity contribution in [3.8, 4) is 0 Å². The molecule has 0 spiro atoms. The number of benzene rings is 2. The zero-order valence-corrected chi connectivity index (χ0v) is 19.4. The number of amides is 2. The van der Waals surface area contributed by atoms with Gasteiger partial charge in [0.15, 0.2) is 0 Å². The highest BCUT2D eigenvalue weighted by Gasteiger charge is 2.67. The lowest BCUT2D eigenvalue weighted by Gasteiger charge is -2.30. The van der Waals surface area contributed by atoms with Gasteiger partial charge in [-0.05, 0) is 56.1 Å². The lowest BCUT2D eigenvalue weighted by Crippen LogP contribution is -2.42. The highest BCUT2D eigenvalue weighted by molar-refractivity contribution is 5.99. The number of likely N-dealkylation sites (N-methyl/N-ethyl adjacent to an activating group) is 1. The van der Waals surface area contributed by atoms with Gasteiger partial charge in [-0.1, -0.05) is 42.5 Å². The minimum atomic E-state index is -4.34. The molecular weight excluding hydrogens is 443 g/mol. The second-order valence-electron chi connectivity index (χ2n) is 9.66. The normalized spacial score (nSPS) is 18.2. The zero-order valence-electron chi connectivity index (χ0n) is 19.4. The molecule has 1 aliphatic carbocycles. The molecule has 4 rings (SSSR count). The summed E-state index contributed by atoms with van der Waals surface area (Å²) in [4.78, 5) is 26.5. The molecule has 1 heterocycles. The number of hydrogen-bond acceptors (Lipinski definition) is 3. The van der Waals surface area contributed by atoms with Gasteiger partial charge in [-0.25, -0.2) is 0 Å². The fraction of sp³-hybridized carbons (Fsp3) is 0.462. The Kier molecular flexibility index (Phi) is 6.71. The Labute approximate surface area is 197 Å². The molecule has 2 amide bonds. The van der Waals surface area contributed by atoms with E-state index in [9.17, 15) is 22.8 Å². The van der Waals surface area contributed by atoms with E-state index in [0.29, 0.717) is 24.9 Å². The van der Waals surface area contributed by atoms with Crippen LogP contribution in [-0.2, 0) is 22.4 Å². The number of rotatable bonds is 9.